The zero-order valence-corrected chi connectivity index (χ0v) is 58.1. The van der Waals surface area contributed by atoms with Crippen molar-refractivity contribution in [1.29, 1.82) is 0 Å². The summed E-state index contributed by atoms with van der Waals surface area (Å²) in [6.07, 6.45) is 99.0. The van der Waals surface area contributed by atoms with Crippen molar-refractivity contribution in [3.05, 3.63) is 48.6 Å². The molecule has 0 aliphatic heterocycles. The number of nitrogens with one attached hydrogen (secondary N) is 1. The molecule has 0 saturated carbocycles. The SMILES string of the molecule is CCCCC/C=C\C/C=C\CCCCCCCC(=O)OCCCCCCCCCCC/C=C\C/C=C\CCCCCCCCCCCCCCCC(=O)NC(CO)C(O)CCCCCCCCCCCCCCCCCCCCCCCCCCC. The Morgan fingerprint density at radius 3 is 0.907 bits per heavy atom. The lowest BCUT2D eigenvalue weighted by Gasteiger charge is -2.22. The van der Waals surface area contributed by atoms with Crippen molar-refractivity contribution in [3.63, 3.8) is 0 Å². The van der Waals surface area contributed by atoms with Crippen LogP contribution < -0.4 is 5.32 Å². The lowest BCUT2D eigenvalue weighted by Crippen LogP contribution is -2.45. The van der Waals surface area contributed by atoms with Crippen molar-refractivity contribution in [1.82, 2.24) is 5.32 Å². The Morgan fingerprint density at radius 2 is 0.581 bits per heavy atom. The Labute approximate surface area is 537 Å². The number of amides is 1. The van der Waals surface area contributed by atoms with Crippen molar-refractivity contribution in [2.75, 3.05) is 13.2 Å². The highest BCUT2D eigenvalue weighted by molar-refractivity contribution is 5.76. The molecule has 1 amide bonds. The van der Waals surface area contributed by atoms with Crippen LogP contribution in [0.5, 0.6) is 0 Å². The highest BCUT2D eigenvalue weighted by atomic mass is 16.5. The minimum Gasteiger partial charge on any atom is -0.466 e. The number of carbonyl (C=O) groups is 2. The molecule has 0 bridgehead atoms. The summed E-state index contributed by atoms with van der Waals surface area (Å²) in [5.41, 5.74) is 0. The number of ether oxygens (including phenoxy) is 1. The molecule has 0 aliphatic carbocycles. The molecule has 0 aromatic carbocycles. The lowest BCUT2D eigenvalue weighted by atomic mass is 10.0. The molecule has 0 heterocycles. The first-order valence-corrected chi connectivity index (χ1v) is 38.9. The zero-order valence-electron chi connectivity index (χ0n) is 58.1. The molecule has 3 N–H and O–H groups in total. The van der Waals surface area contributed by atoms with Gasteiger partial charge in [0.15, 0.2) is 0 Å². The van der Waals surface area contributed by atoms with E-state index in [1.807, 2.05) is 0 Å². The van der Waals surface area contributed by atoms with E-state index in [2.05, 4.69) is 67.8 Å². The first-order valence-electron chi connectivity index (χ1n) is 38.9. The van der Waals surface area contributed by atoms with Gasteiger partial charge in [0.2, 0.25) is 5.91 Å². The fourth-order valence-corrected chi connectivity index (χ4v) is 12.2. The number of rotatable bonds is 73. The molecule has 0 spiro atoms. The molecule has 0 aromatic heterocycles. The quantitative estimate of drug-likeness (QED) is 0.0320. The molecule has 2 atom stereocenters. The second kappa shape index (κ2) is 75.3. The maximum absolute atomic E-state index is 12.6. The molecule has 0 saturated heterocycles. The number of aliphatic hydroxyl groups is 2. The van der Waals surface area contributed by atoms with Crippen LogP contribution in [0, 0.1) is 0 Å². The predicted molar refractivity (Wildman–Crippen MR) is 379 cm³/mol. The molecule has 0 aliphatic rings. The third-order valence-electron chi connectivity index (χ3n) is 18.1. The third-order valence-corrected chi connectivity index (χ3v) is 18.1. The van der Waals surface area contributed by atoms with E-state index in [1.54, 1.807) is 0 Å². The fourth-order valence-electron chi connectivity index (χ4n) is 12.2. The second-order valence-electron chi connectivity index (χ2n) is 26.7. The summed E-state index contributed by atoms with van der Waals surface area (Å²) >= 11 is 0. The molecule has 6 nitrogen and oxygen atoms in total. The average Bonchev–Trinajstić information content (AvgIpc) is 3.54. The second-order valence-corrected chi connectivity index (χ2v) is 26.7. The van der Waals surface area contributed by atoms with Gasteiger partial charge in [0.1, 0.15) is 0 Å². The number of hydrogen-bond acceptors (Lipinski definition) is 5. The van der Waals surface area contributed by atoms with Gasteiger partial charge in [-0.25, -0.2) is 0 Å². The summed E-state index contributed by atoms with van der Waals surface area (Å²) in [4.78, 5) is 24.6. The van der Waals surface area contributed by atoms with Crippen molar-refractivity contribution < 1.29 is 24.5 Å². The molecule has 506 valence electrons. The van der Waals surface area contributed by atoms with Gasteiger partial charge >= 0.3 is 5.97 Å². The van der Waals surface area contributed by atoms with Gasteiger partial charge in [0.05, 0.1) is 25.4 Å². The number of carbonyl (C=O) groups excluding carboxylic acids is 2. The third kappa shape index (κ3) is 70.9. The van der Waals surface area contributed by atoms with E-state index in [0.717, 1.165) is 57.8 Å². The van der Waals surface area contributed by atoms with Crippen LogP contribution in [0.4, 0.5) is 0 Å². The zero-order chi connectivity index (χ0) is 62.0. The van der Waals surface area contributed by atoms with Gasteiger partial charge in [0.25, 0.3) is 0 Å². The van der Waals surface area contributed by atoms with Gasteiger partial charge in [-0.3, -0.25) is 9.59 Å². The van der Waals surface area contributed by atoms with E-state index in [1.165, 1.54) is 334 Å². The number of unbranched alkanes of at least 4 members (excludes halogenated alkanes) is 54. The molecular weight excluding hydrogens is 1050 g/mol. The van der Waals surface area contributed by atoms with Gasteiger partial charge in [-0.1, -0.05) is 371 Å². The van der Waals surface area contributed by atoms with Crippen LogP contribution in [-0.4, -0.2) is 47.4 Å². The molecule has 0 aromatic rings. The number of allylic oxidation sites excluding steroid dienone is 8. The van der Waals surface area contributed by atoms with Crippen LogP contribution in [0.1, 0.15) is 425 Å². The smallest absolute Gasteiger partial charge is 0.305 e. The lowest BCUT2D eigenvalue weighted by molar-refractivity contribution is -0.143. The summed E-state index contributed by atoms with van der Waals surface area (Å²) in [6, 6.07) is -0.545. The van der Waals surface area contributed by atoms with Crippen LogP contribution in [-0.2, 0) is 14.3 Å². The largest absolute Gasteiger partial charge is 0.466 e. The standard InChI is InChI=1S/C80H151NO5/c1-3-5-7-9-11-13-15-17-19-20-21-22-23-29-32-35-38-41-45-48-52-56-60-64-68-72-78(83)77(76-82)81-79(84)73-69-65-61-57-53-49-46-42-39-36-33-30-27-25-24-26-28-31-34-37-40-43-47-51-55-59-63-67-71-75-86-80(85)74-70-66-62-58-54-50-44-18-16-14-12-10-8-6-4-2/h12,14,18,24,26,31,34,44,77-78,82-83H,3-11,13,15-17,19-23,25,27-30,32-33,35-43,45-76H2,1-2H3,(H,81,84)/b14-12-,26-24-,34-31-,44-18-. The van der Waals surface area contributed by atoms with Crippen LogP contribution in [0.3, 0.4) is 0 Å². The minimum atomic E-state index is -0.668. The summed E-state index contributed by atoms with van der Waals surface area (Å²) in [6.45, 7) is 4.96. The molecule has 0 fully saturated rings. The van der Waals surface area contributed by atoms with E-state index < -0.39 is 12.1 Å². The molecule has 0 radical (unpaired) electrons. The highest BCUT2D eigenvalue weighted by Crippen LogP contribution is 2.19. The van der Waals surface area contributed by atoms with Gasteiger partial charge in [-0.05, 0) is 89.9 Å². The Morgan fingerprint density at radius 1 is 0.326 bits per heavy atom. The van der Waals surface area contributed by atoms with Gasteiger partial charge in [-0.2, -0.15) is 0 Å². The van der Waals surface area contributed by atoms with Crippen molar-refractivity contribution in [2.45, 2.75) is 437 Å². The Balaban J connectivity index is 3.41. The highest BCUT2D eigenvalue weighted by Gasteiger charge is 2.20. The average molecular weight is 1210 g/mol. The van der Waals surface area contributed by atoms with Crippen LogP contribution in [0.15, 0.2) is 48.6 Å². The molecule has 86 heavy (non-hydrogen) atoms. The van der Waals surface area contributed by atoms with E-state index >= 15 is 0 Å². The van der Waals surface area contributed by atoms with Gasteiger partial charge < -0.3 is 20.3 Å². The summed E-state index contributed by atoms with van der Waals surface area (Å²) < 4.78 is 5.48. The Kier molecular flexibility index (Phi) is 73.4. The first-order chi connectivity index (χ1) is 42.5. The first kappa shape index (κ1) is 83.8. The maximum Gasteiger partial charge on any atom is 0.305 e. The number of esters is 1. The van der Waals surface area contributed by atoms with E-state index in [9.17, 15) is 19.8 Å². The topological polar surface area (TPSA) is 95.9 Å². The Bertz CT molecular complexity index is 1440. The van der Waals surface area contributed by atoms with Crippen LogP contribution in [0.2, 0.25) is 0 Å². The number of hydrogen-bond donors (Lipinski definition) is 3. The van der Waals surface area contributed by atoms with Crippen LogP contribution >= 0.6 is 0 Å². The maximum atomic E-state index is 12.6. The predicted octanol–water partition coefficient (Wildman–Crippen LogP) is 25.6. The fraction of sp³-hybridized carbons (Fsp3) is 0.875. The van der Waals surface area contributed by atoms with E-state index in [-0.39, 0.29) is 18.5 Å². The monoisotopic (exact) mass is 1210 g/mol. The van der Waals surface area contributed by atoms with Gasteiger partial charge in [0, 0.05) is 12.8 Å². The van der Waals surface area contributed by atoms with E-state index in [0.29, 0.717) is 25.9 Å². The Hall–Kier alpha value is -2.18. The molecule has 6 heteroatoms. The number of aliphatic hydroxyl groups excluding tert-OH is 2. The minimum absolute atomic E-state index is 0.00154. The summed E-state index contributed by atoms with van der Waals surface area (Å²) in [5, 5.41) is 23.5. The van der Waals surface area contributed by atoms with E-state index in [4.69, 9.17) is 4.74 Å². The van der Waals surface area contributed by atoms with Crippen LogP contribution in [0.25, 0.3) is 0 Å². The molecule has 0 rings (SSSR count). The van der Waals surface area contributed by atoms with Crippen molar-refractivity contribution >= 4 is 11.9 Å². The summed E-state index contributed by atoms with van der Waals surface area (Å²) in [7, 11) is 0. The normalized spacial score (nSPS) is 12.7. The molecule has 2 unspecified atom stereocenters. The van der Waals surface area contributed by atoms with Gasteiger partial charge in [-0.15, -0.1) is 0 Å². The van der Waals surface area contributed by atoms with Crippen molar-refractivity contribution in [2.24, 2.45) is 0 Å². The van der Waals surface area contributed by atoms with Crippen molar-refractivity contribution in [3.8, 4) is 0 Å². The molecular formula is C80H151NO5. The summed E-state index contributed by atoms with van der Waals surface area (Å²) in [5.74, 6) is -0.0328.